The summed E-state index contributed by atoms with van der Waals surface area (Å²) >= 11 is 0. The van der Waals surface area contributed by atoms with Crippen molar-refractivity contribution >= 4 is 0 Å². The summed E-state index contributed by atoms with van der Waals surface area (Å²) in [5.41, 5.74) is 0.573. The number of rotatable bonds is 1. The lowest BCUT2D eigenvalue weighted by atomic mass is 9.73. The van der Waals surface area contributed by atoms with Crippen LogP contribution in [0.25, 0.3) is 0 Å². The monoisotopic (exact) mass is 166 g/mol. The van der Waals surface area contributed by atoms with Crippen molar-refractivity contribution in [3.05, 3.63) is 0 Å². The number of hydrogen-bond donors (Lipinski definition) is 0. The van der Waals surface area contributed by atoms with Crippen LogP contribution in [-0.4, -0.2) is 0 Å². The molecule has 0 amide bonds. The fourth-order valence-corrected chi connectivity index (χ4v) is 3.15. The summed E-state index contributed by atoms with van der Waals surface area (Å²) in [5.74, 6) is 3.27. The van der Waals surface area contributed by atoms with Crippen LogP contribution in [0.1, 0.15) is 52.9 Å². The lowest BCUT2D eigenvalue weighted by Crippen LogP contribution is -2.25. The zero-order valence-electron chi connectivity index (χ0n) is 8.77. The van der Waals surface area contributed by atoms with E-state index in [1.165, 1.54) is 32.1 Å². The minimum atomic E-state index is 0.573. The van der Waals surface area contributed by atoms with Crippen molar-refractivity contribution in [3.8, 4) is 0 Å². The summed E-state index contributed by atoms with van der Waals surface area (Å²) in [4.78, 5) is 0. The van der Waals surface area contributed by atoms with Gasteiger partial charge in [-0.05, 0) is 48.9 Å². The van der Waals surface area contributed by atoms with Crippen LogP contribution >= 0.6 is 0 Å². The van der Waals surface area contributed by atoms with Crippen molar-refractivity contribution in [2.24, 2.45) is 23.2 Å². The fraction of sp³-hybridized carbons (Fsp3) is 1.00. The maximum Gasteiger partial charge on any atom is -0.0334 e. The van der Waals surface area contributed by atoms with Gasteiger partial charge >= 0.3 is 0 Å². The first kappa shape index (κ1) is 8.59. The van der Waals surface area contributed by atoms with Crippen LogP contribution in [-0.2, 0) is 0 Å². The molecule has 70 valence electrons. The highest BCUT2D eigenvalue weighted by Crippen LogP contribution is 2.53. The SMILES string of the molecule is CC(C)(C)C1CCCC1C1CC1. The van der Waals surface area contributed by atoms with E-state index in [2.05, 4.69) is 20.8 Å². The largest absolute Gasteiger partial charge is 0.0599 e. The second-order valence-electron chi connectivity index (χ2n) is 5.90. The molecule has 2 aliphatic rings. The predicted molar refractivity (Wildman–Crippen MR) is 53.0 cm³/mol. The lowest BCUT2D eigenvalue weighted by Gasteiger charge is -2.32. The van der Waals surface area contributed by atoms with Gasteiger partial charge in [-0.3, -0.25) is 0 Å². The lowest BCUT2D eigenvalue weighted by molar-refractivity contribution is 0.170. The second-order valence-corrected chi connectivity index (χ2v) is 5.90. The molecule has 0 aromatic heterocycles. The molecule has 0 spiro atoms. The summed E-state index contributed by atoms with van der Waals surface area (Å²) < 4.78 is 0. The first-order valence-electron chi connectivity index (χ1n) is 5.59. The van der Waals surface area contributed by atoms with Gasteiger partial charge in [0.2, 0.25) is 0 Å². The molecule has 0 radical (unpaired) electrons. The maximum atomic E-state index is 2.43. The third-order valence-electron chi connectivity index (χ3n) is 3.91. The van der Waals surface area contributed by atoms with Crippen LogP contribution in [0.3, 0.4) is 0 Å². The Morgan fingerprint density at radius 2 is 1.58 bits per heavy atom. The molecule has 2 atom stereocenters. The van der Waals surface area contributed by atoms with Crippen molar-refractivity contribution in [2.75, 3.05) is 0 Å². The Morgan fingerprint density at radius 3 is 2.08 bits per heavy atom. The third kappa shape index (κ3) is 1.53. The molecule has 2 fully saturated rings. The summed E-state index contributed by atoms with van der Waals surface area (Å²) in [6, 6.07) is 0. The van der Waals surface area contributed by atoms with Gasteiger partial charge in [-0.15, -0.1) is 0 Å². The smallest absolute Gasteiger partial charge is 0.0334 e. The van der Waals surface area contributed by atoms with Gasteiger partial charge in [-0.25, -0.2) is 0 Å². The van der Waals surface area contributed by atoms with Crippen molar-refractivity contribution in [2.45, 2.75) is 52.9 Å². The molecular weight excluding hydrogens is 144 g/mol. The summed E-state index contributed by atoms with van der Waals surface area (Å²) in [5, 5.41) is 0. The molecule has 0 aliphatic heterocycles. The van der Waals surface area contributed by atoms with Gasteiger partial charge in [0.15, 0.2) is 0 Å². The minimum absolute atomic E-state index is 0.573. The van der Waals surface area contributed by atoms with Gasteiger partial charge in [-0.1, -0.05) is 27.2 Å². The highest BCUT2D eigenvalue weighted by molar-refractivity contribution is 4.93. The van der Waals surface area contributed by atoms with E-state index in [9.17, 15) is 0 Å². The molecule has 2 aliphatic carbocycles. The van der Waals surface area contributed by atoms with Crippen molar-refractivity contribution in [1.29, 1.82) is 0 Å². The van der Waals surface area contributed by atoms with E-state index in [4.69, 9.17) is 0 Å². The highest BCUT2D eigenvalue weighted by atomic mass is 14.5. The summed E-state index contributed by atoms with van der Waals surface area (Å²) in [6.07, 6.45) is 7.62. The van der Waals surface area contributed by atoms with E-state index in [-0.39, 0.29) is 0 Å². The summed E-state index contributed by atoms with van der Waals surface area (Å²) in [6.45, 7) is 7.29. The van der Waals surface area contributed by atoms with Gasteiger partial charge in [0.1, 0.15) is 0 Å². The average Bonchev–Trinajstić information content (AvgIpc) is 2.65. The highest BCUT2D eigenvalue weighted by Gasteiger charge is 2.43. The van der Waals surface area contributed by atoms with E-state index >= 15 is 0 Å². The van der Waals surface area contributed by atoms with E-state index in [0.717, 1.165) is 17.8 Å². The Hall–Kier alpha value is 0. The Bertz CT molecular complexity index is 159. The first-order chi connectivity index (χ1) is 5.59. The Labute approximate surface area is 76.7 Å². The molecule has 2 saturated carbocycles. The predicted octanol–water partition coefficient (Wildman–Crippen LogP) is 3.86. The molecule has 0 heterocycles. The molecule has 2 rings (SSSR count). The topological polar surface area (TPSA) is 0 Å². The zero-order chi connectivity index (χ0) is 8.77. The number of hydrogen-bond acceptors (Lipinski definition) is 0. The van der Waals surface area contributed by atoms with Crippen LogP contribution in [0.4, 0.5) is 0 Å². The molecule has 0 bridgehead atoms. The standard InChI is InChI=1S/C12H22/c1-12(2,3)11-6-4-5-10(11)9-7-8-9/h9-11H,4-8H2,1-3H3. The quantitative estimate of drug-likeness (QED) is 0.555. The van der Waals surface area contributed by atoms with Gasteiger partial charge in [-0.2, -0.15) is 0 Å². The third-order valence-corrected chi connectivity index (χ3v) is 3.91. The first-order valence-corrected chi connectivity index (χ1v) is 5.59. The van der Waals surface area contributed by atoms with Crippen LogP contribution in [0, 0.1) is 23.2 Å². The van der Waals surface area contributed by atoms with Crippen molar-refractivity contribution < 1.29 is 0 Å². The van der Waals surface area contributed by atoms with Crippen LogP contribution in [0.15, 0.2) is 0 Å². The normalized spacial score (nSPS) is 37.2. The van der Waals surface area contributed by atoms with E-state index < -0.39 is 0 Å². The van der Waals surface area contributed by atoms with Gasteiger partial charge < -0.3 is 0 Å². The average molecular weight is 166 g/mol. The minimum Gasteiger partial charge on any atom is -0.0599 e. The molecule has 12 heavy (non-hydrogen) atoms. The van der Waals surface area contributed by atoms with E-state index in [1.807, 2.05) is 0 Å². The molecular formula is C12H22. The maximum absolute atomic E-state index is 2.43. The van der Waals surface area contributed by atoms with Gasteiger partial charge in [0, 0.05) is 0 Å². The molecule has 0 aromatic rings. The zero-order valence-corrected chi connectivity index (χ0v) is 8.77. The van der Waals surface area contributed by atoms with Crippen LogP contribution in [0.5, 0.6) is 0 Å². The summed E-state index contributed by atoms with van der Waals surface area (Å²) in [7, 11) is 0. The Kier molecular flexibility index (Phi) is 1.97. The fourth-order valence-electron chi connectivity index (χ4n) is 3.15. The molecule has 0 heteroatoms. The van der Waals surface area contributed by atoms with E-state index in [0.29, 0.717) is 5.41 Å². The Balaban J connectivity index is 2.03. The van der Waals surface area contributed by atoms with Crippen molar-refractivity contribution in [1.82, 2.24) is 0 Å². The molecule has 0 nitrogen and oxygen atoms in total. The molecule has 0 aromatic carbocycles. The molecule has 0 N–H and O–H groups in total. The van der Waals surface area contributed by atoms with Crippen LogP contribution in [0.2, 0.25) is 0 Å². The van der Waals surface area contributed by atoms with Gasteiger partial charge in [0.05, 0.1) is 0 Å². The second kappa shape index (κ2) is 2.75. The van der Waals surface area contributed by atoms with Crippen LogP contribution < -0.4 is 0 Å². The molecule has 0 saturated heterocycles. The Morgan fingerprint density at radius 1 is 0.917 bits per heavy atom. The van der Waals surface area contributed by atoms with Crippen molar-refractivity contribution in [3.63, 3.8) is 0 Å². The van der Waals surface area contributed by atoms with E-state index in [1.54, 1.807) is 0 Å². The molecule has 2 unspecified atom stereocenters. The van der Waals surface area contributed by atoms with Gasteiger partial charge in [0.25, 0.3) is 0 Å².